The van der Waals surface area contributed by atoms with Crippen LogP contribution in [0, 0.1) is 5.92 Å². The number of sulfonamides is 1. The van der Waals surface area contributed by atoms with Gasteiger partial charge in [0.2, 0.25) is 15.9 Å². The number of nitrogens with two attached hydrogens (primary N) is 1. The van der Waals surface area contributed by atoms with Crippen molar-refractivity contribution in [3.05, 3.63) is 29.8 Å². The molecular formula is C14H18N2O5S. The highest BCUT2D eigenvalue weighted by Crippen LogP contribution is 2.24. The van der Waals surface area contributed by atoms with Gasteiger partial charge in [-0.3, -0.25) is 4.79 Å². The van der Waals surface area contributed by atoms with Gasteiger partial charge < -0.3 is 10.5 Å². The Bertz CT molecular complexity index is 669. The van der Waals surface area contributed by atoms with Crippen LogP contribution in [0.4, 0.5) is 0 Å². The molecule has 1 aliphatic heterocycles. The molecule has 8 heteroatoms. The van der Waals surface area contributed by atoms with Gasteiger partial charge in [0.05, 0.1) is 23.5 Å². The molecule has 1 aliphatic rings. The molecule has 0 spiro atoms. The number of hydrogen-bond donors (Lipinski definition) is 1. The Kier molecular flexibility index (Phi) is 4.82. The molecule has 0 radical (unpaired) electrons. The van der Waals surface area contributed by atoms with Crippen molar-refractivity contribution in [1.82, 2.24) is 4.31 Å². The molecule has 1 heterocycles. The zero-order valence-electron chi connectivity index (χ0n) is 12.2. The summed E-state index contributed by atoms with van der Waals surface area (Å²) in [7, 11) is -2.45. The Morgan fingerprint density at radius 1 is 1.27 bits per heavy atom. The normalized spacial score (nSPS) is 19.6. The van der Waals surface area contributed by atoms with Crippen LogP contribution in [0.2, 0.25) is 0 Å². The van der Waals surface area contributed by atoms with Crippen LogP contribution in [0.1, 0.15) is 23.2 Å². The third kappa shape index (κ3) is 3.28. The minimum Gasteiger partial charge on any atom is -0.465 e. The van der Waals surface area contributed by atoms with E-state index in [9.17, 15) is 18.0 Å². The summed E-state index contributed by atoms with van der Waals surface area (Å²) in [6.07, 6.45) is 1.19. The summed E-state index contributed by atoms with van der Waals surface area (Å²) in [5.74, 6) is -1.48. The first-order chi connectivity index (χ1) is 10.4. The van der Waals surface area contributed by atoms with E-state index >= 15 is 0 Å². The maximum absolute atomic E-state index is 12.6. The average Bonchev–Trinajstić information content (AvgIpc) is 2.54. The summed E-state index contributed by atoms with van der Waals surface area (Å²) in [5, 5.41) is 0. The zero-order valence-corrected chi connectivity index (χ0v) is 13.0. The van der Waals surface area contributed by atoms with E-state index in [1.807, 2.05) is 0 Å². The van der Waals surface area contributed by atoms with E-state index in [-0.39, 0.29) is 17.0 Å². The first-order valence-corrected chi connectivity index (χ1v) is 8.28. The van der Waals surface area contributed by atoms with E-state index in [2.05, 4.69) is 4.74 Å². The lowest BCUT2D eigenvalue weighted by atomic mass is 9.99. The number of carbonyl (C=O) groups excluding carboxylic acids is 2. The minimum atomic E-state index is -3.70. The second-order valence-corrected chi connectivity index (χ2v) is 7.06. The minimum absolute atomic E-state index is 0.0743. The standard InChI is InChI=1S/C14H18N2O5S/c1-21-14(18)10-4-6-12(7-5-10)22(19,20)16-8-2-3-11(9-16)13(15)17/h4-7,11H,2-3,8-9H2,1H3,(H2,15,17). The van der Waals surface area contributed by atoms with Crippen LogP contribution in [-0.4, -0.2) is 44.8 Å². The fourth-order valence-electron chi connectivity index (χ4n) is 2.42. The zero-order chi connectivity index (χ0) is 16.3. The number of rotatable bonds is 4. The summed E-state index contributed by atoms with van der Waals surface area (Å²) >= 11 is 0. The first-order valence-electron chi connectivity index (χ1n) is 6.84. The van der Waals surface area contributed by atoms with Crippen molar-refractivity contribution in [2.75, 3.05) is 20.2 Å². The smallest absolute Gasteiger partial charge is 0.337 e. The number of carbonyl (C=O) groups is 2. The molecule has 1 aromatic rings. The molecule has 0 aliphatic carbocycles. The third-order valence-corrected chi connectivity index (χ3v) is 5.58. The number of piperidine rings is 1. The SMILES string of the molecule is COC(=O)c1ccc(S(=O)(=O)N2CCCC(C(N)=O)C2)cc1. The quantitative estimate of drug-likeness (QED) is 0.804. The maximum Gasteiger partial charge on any atom is 0.337 e. The van der Waals surface area contributed by atoms with Crippen LogP contribution in [-0.2, 0) is 19.6 Å². The molecule has 1 fully saturated rings. The van der Waals surface area contributed by atoms with Gasteiger partial charge >= 0.3 is 5.97 Å². The summed E-state index contributed by atoms with van der Waals surface area (Å²) in [6.45, 7) is 0.446. The lowest BCUT2D eigenvalue weighted by Gasteiger charge is -2.30. The molecule has 1 aromatic carbocycles. The van der Waals surface area contributed by atoms with Crippen molar-refractivity contribution in [3.63, 3.8) is 0 Å². The lowest BCUT2D eigenvalue weighted by molar-refractivity contribution is -0.122. The largest absolute Gasteiger partial charge is 0.465 e. The highest BCUT2D eigenvalue weighted by atomic mass is 32.2. The molecule has 1 saturated heterocycles. The molecule has 2 rings (SSSR count). The number of esters is 1. The van der Waals surface area contributed by atoms with E-state index in [0.29, 0.717) is 19.4 Å². The van der Waals surface area contributed by atoms with Gasteiger partial charge in [-0.05, 0) is 37.1 Å². The van der Waals surface area contributed by atoms with Crippen LogP contribution in [0.3, 0.4) is 0 Å². The summed E-state index contributed by atoms with van der Waals surface area (Å²) < 4.78 is 31.0. The van der Waals surface area contributed by atoms with E-state index in [4.69, 9.17) is 5.73 Å². The summed E-state index contributed by atoms with van der Waals surface area (Å²) in [4.78, 5) is 22.7. The van der Waals surface area contributed by atoms with Crippen molar-refractivity contribution in [2.45, 2.75) is 17.7 Å². The van der Waals surface area contributed by atoms with Gasteiger partial charge in [0.15, 0.2) is 0 Å². The fourth-order valence-corrected chi connectivity index (χ4v) is 3.95. The van der Waals surface area contributed by atoms with Crippen molar-refractivity contribution in [2.24, 2.45) is 11.7 Å². The molecule has 0 saturated carbocycles. The molecular weight excluding hydrogens is 308 g/mol. The van der Waals surface area contributed by atoms with Gasteiger partial charge in [-0.25, -0.2) is 13.2 Å². The van der Waals surface area contributed by atoms with Crippen molar-refractivity contribution in [3.8, 4) is 0 Å². The van der Waals surface area contributed by atoms with Crippen molar-refractivity contribution in [1.29, 1.82) is 0 Å². The topological polar surface area (TPSA) is 107 Å². The first kappa shape index (κ1) is 16.4. The molecule has 22 heavy (non-hydrogen) atoms. The molecule has 1 unspecified atom stereocenters. The van der Waals surface area contributed by atoms with Gasteiger partial charge in [-0.1, -0.05) is 0 Å². The van der Waals surface area contributed by atoms with E-state index in [0.717, 1.165) is 0 Å². The summed E-state index contributed by atoms with van der Waals surface area (Å²) in [5.41, 5.74) is 5.54. The fraction of sp³-hybridized carbons (Fsp3) is 0.429. The molecule has 1 amide bonds. The van der Waals surface area contributed by atoms with Crippen LogP contribution < -0.4 is 5.73 Å². The number of benzene rings is 1. The number of hydrogen-bond acceptors (Lipinski definition) is 5. The Labute approximate surface area is 129 Å². The molecule has 7 nitrogen and oxygen atoms in total. The van der Waals surface area contributed by atoms with Gasteiger partial charge in [-0.2, -0.15) is 4.31 Å². The van der Waals surface area contributed by atoms with Crippen LogP contribution in [0.5, 0.6) is 0 Å². The Balaban J connectivity index is 2.22. The molecule has 2 N–H and O–H groups in total. The number of primary amides is 1. The predicted molar refractivity (Wildman–Crippen MR) is 78.5 cm³/mol. The monoisotopic (exact) mass is 326 g/mol. The van der Waals surface area contributed by atoms with E-state index in [1.165, 1.54) is 35.7 Å². The number of nitrogens with zero attached hydrogens (tertiary/aromatic N) is 1. The number of ether oxygens (including phenoxy) is 1. The van der Waals surface area contributed by atoms with Crippen LogP contribution in [0.25, 0.3) is 0 Å². The molecule has 0 bridgehead atoms. The van der Waals surface area contributed by atoms with Gasteiger partial charge in [0.1, 0.15) is 0 Å². The highest BCUT2D eigenvalue weighted by molar-refractivity contribution is 7.89. The molecule has 1 atom stereocenters. The van der Waals surface area contributed by atoms with E-state index < -0.39 is 27.8 Å². The van der Waals surface area contributed by atoms with E-state index in [1.54, 1.807) is 0 Å². The number of methoxy groups -OCH3 is 1. The number of amides is 1. The van der Waals surface area contributed by atoms with Crippen LogP contribution in [0.15, 0.2) is 29.2 Å². The molecule has 0 aromatic heterocycles. The summed E-state index contributed by atoms with van der Waals surface area (Å²) in [6, 6.07) is 5.51. The predicted octanol–water partition coefficient (Wildman–Crippen LogP) is 0.359. The van der Waals surface area contributed by atoms with Crippen LogP contribution >= 0.6 is 0 Å². The van der Waals surface area contributed by atoms with Crippen molar-refractivity contribution < 1.29 is 22.7 Å². The van der Waals surface area contributed by atoms with Gasteiger partial charge in [0, 0.05) is 13.1 Å². The van der Waals surface area contributed by atoms with Crippen molar-refractivity contribution >= 4 is 21.9 Å². The lowest BCUT2D eigenvalue weighted by Crippen LogP contribution is -2.44. The Morgan fingerprint density at radius 3 is 2.45 bits per heavy atom. The second-order valence-electron chi connectivity index (χ2n) is 5.12. The maximum atomic E-state index is 12.6. The Morgan fingerprint density at radius 2 is 1.91 bits per heavy atom. The average molecular weight is 326 g/mol. The second kappa shape index (κ2) is 6.45. The third-order valence-electron chi connectivity index (χ3n) is 3.70. The highest BCUT2D eigenvalue weighted by Gasteiger charge is 2.32. The van der Waals surface area contributed by atoms with Gasteiger partial charge in [-0.15, -0.1) is 0 Å². The molecule has 120 valence electrons. The van der Waals surface area contributed by atoms with Gasteiger partial charge in [0.25, 0.3) is 0 Å². The Hall–Kier alpha value is -1.93.